The van der Waals surface area contributed by atoms with E-state index in [4.69, 9.17) is 9.84 Å². The minimum atomic E-state index is -3.73. The number of ether oxygens (including phenoxy) is 1. The Bertz CT molecular complexity index is 870. The highest BCUT2D eigenvalue weighted by atomic mass is 32.2. The Balaban J connectivity index is 1.95. The van der Waals surface area contributed by atoms with E-state index in [0.717, 1.165) is 11.1 Å². The van der Waals surface area contributed by atoms with Crippen molar-refractivity contribution in [3.05, 3.63) is 53.3 Å². The van der Waals surface area contributed by atoms with E-state index in [9.17, 15) is 13.2 Å². The quantitative estimate of drug-likeness (QED) is 0.878. The van der Waals surface area contributed by atoms with Gasteiger partial charge < -0.3 is 9.84 Å². The molecule has 0 bridgehead atoms. The second-order valence-electron chi connectivity index (χ2n) is 5.46. The number of benzene rings is 1. The van der Waals surface area contributed by atoms with Crippen LogP contribution in [-0.4, -0.2) is 35.9 Å². The normalized spacial score (nSPS) is 14.4. The molecule has 2 heterocycles. The number of nitrogens with zero attached hydrogens (tertiary/aromatic N) is 2. The summed E-state index contributed by atoms with van der Waals surface area (Å²) in [6.45, 7) is 0.534. The third kappa shape index (κ3) is 2.98. The van der Waals surface area contributed by atoms with Crippen LogP contribution < -0.4 is 4.74 Å². The molecule has 1 aromatic heterocycles. The summed E-state index contributed by atoms with van der Waals surface area (Å²) in [6, 6.07) is 6.08. The molecule has 0 amide bonds. The second-order valence-corrected chi connectivity index (χ2v) is 7.40. The van der Waals surface area contributed by atoms with E-state index < -0.39 is 16.0 Å². The summed E-state index contributed by atoms with van der Waals surface area (Å²) in [5.74, 6) is -0.701. The fourth-order valence-electron chi connectivity index (χ4n) is 2.72. The standard InChI is InChI=1S/C16H16N2O5S/c1-23-15-3-2-14(6-12(15)7-16(19)20)24(21,22)18-9-11-4-5-17-8-13(11)10-18/h2-6,8H,7,9-10H2,1H3,(H,19,20). The van der Waals surface area contributed by atoms with Crippen LogP contribution in [0.5, 0.6) is 5.75 Å². The number of fused-ring (bicyclic) bond motifs is 1. The van der Waals surface area contributed by atoms with E-state index >= 15 is 0 Å². The van der Waals surface area contributed by atoms with E-state index in [2.05, 4.69) is 4.98 Å². The molecule has 0 saturated heterocycles. The molecular weight excluding hydrogens is 332 g/mol. The first-order valence-electron chi connectivity index (χ1n) is 7.22. The van der Waals surface area contributed by atoms with Crippen molar-refractivity contribution in [2.24, 2.45) is 0 Å². The maximum atomic E-state index is 12.9. The number of sulfonamides is 1. The number of rotatable bonds is 5. The number of hydrogen-bond acceptors (Lipinski definition) is 5. The zero-order chi connectivity index (χ0) is 17.3. The Morgan fingerprint density at radius 1 is 1.29 bits per heavy atom. The van der Waals surface area contributed by atoms with Crippen molar-refractivity contribution in [3.63, 3.8) is 0 Å². The Hall–Kier alpha value is -2.45. The minimum Gasteiger partial charge on any atom is -0.496 e. The number of aliphatic carboxylic acids is 1. The van der Waals surface area contributed by atoms with Gasteiger partial charge in [-0.3, -0.25) is 9.78 Å². The summed E-state index contributed by atoms with van der Waals surface area (Å²) in [6.07, 6.45) is 2.98. The summed E-state index contributed by atoms with van der Waals surface area (Å²) in [5.41, 5.74) is 2.12. The molecule has 1 aliphatic heterocycles. The van der Waals surface area contributed by atoms with E-state index in [0.29, 0.717) is 11.3 Å². The predicted molar refractivity (Wildman–Crippen MR) is 85.0 cm³/mol. The highest BCUT2D eigenvalue weighted by Gasteiger charge is 2.31. The zero-order valence-corrected chi connectivity index (χ0v) is 13.8. The van der Waals surface area contributed by atoms with Crippen molar-refractivity contribution >= 4 is 16.0 Å². The number of carboxylic acid groups (broad SMARTS) is 1. The molecule has 1 aromatic carbocycles. The largest absolute Gasteiger partial charge is 0.496 e. The van der Waals surface area contributed by atoms with Gasteiger partial charge in [0.15, 0.2) is 0 Å². The summed E-state index contributed by atoms with van der Waals surface area (Å²) in [7, 11) is -2.32. The van der Waals surface area contributed by atoms with Gasteiger partial charge in [0.05, 0.1) is 18.4 Å². The number of pyridine rings is 1. The molecule has 0 radical (unpaired) electrons. The molecule has 0 spiro atoms. The SMILES string of the molecule is COc1ccc(S(=O)(=O)N2Cc3ccncc3C2)cc1CC(=O)O. The topological polar surface area (TPSA) is 96.8 Å². The Morgan fingerprint density at radius 3 is 2.71 bits per heavy atom. The third-order valence-corrected chi connectivity index (χ3v) is 5.72. The monoisotopic (exact) mass is 348 g/mol. The molecule has 3 rings (SSSR count). The van der Waals surface area contributed by atoms with Gasteiger partial charge in [-0.15, -0.1) is 0 Å². The van der Waals surface area contributed by atoms with Crippen molar-refractivity contribution in [2.75, 3.05) is 7.11 Å². The van der Waals surface area contributed by atoms with Gasteiger partial charge >= 0.3 is 5.97 Å². The minimum absolute atomic E-state index is 0.0558. The molecule has 126 valence electrons. The summed E-state index contributed by atoms with van der Waals surface area (Å²) < 4.78 is 32.2. The third-order valence-electron chi connectivity index (χ3n) is 3.93. The van der Waals surface area contributed by atoms with E-state index in [1.54, 1.807) is 18.5 Å². The fraction of sp³-hybridized carbons (Fsp3) is 0.250. The van der Waals surface area contributed by atoms with E-state index in [-0.39, 0.29) is 24.4 Å². The fourth-order valence-corrected chi connectivity index (χ4v) is 4.17. The molecule has 0 unspecified atom stereocenters. The molecule has 8 heteroatoms. The van der Waals surface area contributed by atoms with Crippen LogP contribution in [0.2, 0.25) is 0 Å². The number of carboxylic acids is 1. The molecule has 0 fully saturated rings. The first-order chi connectivity index (χ1) is 11.4. The van der Waals surface area contributed by atoms with Crippen LogP contribution >= 0.6 is 0 Å². The number of methoxy groups -OCH3 is 1. The average Bonchev–Trinajstić information content (AvgIpc) is 2.99. The van der Waals surface area contributed by atoms with Gasteiger partial charge in [0, 0.05) is 31.0 Å². The smallest absolute Gasteiger partial charge is 0.307 e. The number of hydrogen-bond donors (Lipinski definition) is 1. The molecule has 0 saturated carbocycles. The Morgan fingerprint density at radius 2 is 2.04 bits per heavy atom. The van der Waals surface area contributed by atoms with Gasteiger partial charge in [0.1, 0.15) is 5.75 Å². The molecule has 1 N–H and O–H groups in total. The molecule has 1 aliphatic rings. The van der Waals surface area contributed by atoms with Gasteiger partial charge in [-0.2, -0.15) is 4.31 Å². The predicted octanol–water partition coefficient (Wildman–Crippen LogP) is 1.42. The molecule has 0 aliphatic carbocycles. The van der Waals surface area contributed by atoms with Crippen molar-refractivity contribution in [3.8, 4) is 5.75 Å². The van der Waals surface area contributed by atoms with Gasteiger partial charge in [0.25, 0.3) is 0 Å². The van der Waals surface area contributed by atoms with Gasteiger partial charge in [-0.05, 0) is 35.4 Å². The summed E-state index contributed by atoms with van der Waals surface area (Å²) in [4.78, 5) is 15.0. The molecule has 7 nitrogen and oxygen atoms in total. The molecule has 24 heavy (non-hydrogen) atoms. The summed E-state index contributed by atoms with van der Waals surface area (Å²) >= 11 is 0. The molecule has 0 atom stereocenters. The van der Waals surface area contributed by atoms with E-state index in [1.807, 2.05) is 0 Å². The lowest BCUT2D eigenvalue weighted by molar-refractivity contribution is -0.136. The van der Waals surface area contributed by atoms with Crippen LogP contribution in [0.1, 0.15) is 16.7 Å². The van der Waals surface area contributed by atoms with Crippen molar-refractivity contribution in [1.29, 1.82) is 0 Å². The van der Waals surface area contributed by atoms with Gasteiger partial charge in [0.2, 0.25) is 10.0 Å². The second kappa shape index (κ2) is 6.21. The first-order valence-corrected chi connectivity index (χ1v) is 8.66. The lowest BCUT2D eigenvalue weighted by Gasteiger charge is -2.17. The Labute approximate surface area is 139 Å². The van der Waals surface area contributed by atoms with Crippen LogP contribution in [0, 0.1) is 0 Å². The first kappa shape index (κ1) is 16.4. The van der Waals surface area contributed by atoms with Crippen LogP contribution in [0.15, 0.2) is 41.6 Å². The van der Waals surface area contributed by atoms with Crippen LogP contribution in [0.25, 0.3) is 0 Å². The molecular formula is C16H16N2O5S. The van der Waals surface area contributed by atoms with Crippen LogP contribution in [0.3, 0.4) is 0 Å². The average molecular weight is 348 g/mol. The van der Waals surface area contributed by atoms with E-state index in [1.165, 1.54) is 29.6 Å². The Kier molecular flexibility index (Phi) is 4.25. The number of aromatic nitrogens is 1. The van der Waals surface area contributed by atoms with Crippen LogP contribution in [0.4, 0.5) is 0 Å². The zero-order valence-electron chi connectivity index (χ0n) is 13.0. The lowest BCUT2D eigenvalue weighted by Crippen LogP contribution is -2.25. The maximum Gasteiger partial charge on any atom is 0.307 e. The number of carbonyl (C=O) groups is 1. The summed E-state index contributed by atoms with van der Waals surface area (Å²) in [5, 5.41) is 8.99. The maximum absolute atomic E-state index is 12.9. The van der Waals surface area contributed by atoms with Crippen molar-refractivity contribution in [1.82, 2.24) is 9.29 Å². The van der Waals surface area contributed by atoms with Gasteiger partial charge in [-0.1, -0.05) is 0 Å². The highest BCUT2D eigenvalue weighted by molar-refractivity contribution is 7.89. The van der Waals surface area contributed by atoms with Crippen molar-refractivity contribution < 1.29 is 23.1 Å². The lowest BCUT2D eigenvalue weighted by atomic mass is 10.1. The van der Waals surface area contributed by atoms with Crippen LogP contribution in [-0.2, 0) is 34.3 Å². The highest BCUT2D eigenvalue weighted by Crippen LogP contribution is 2.30. The van der Waals surface area contributed by atoms with Gasteiger partial charge in [-0.25, -0.2) is 8.42 Å². The molecule has 2 aromatic rings. The van der Waals surface area contributed by atoms with Crippen molar-refractivity contribution in [2.45, 2.75) is 24.4 Å².